The molecular formula is C25H28N6O2. The van der Waals surface area contributed by atoms with Crippen LogP contribution in [0, 0.1) is 20.8 Å². The Kier molecular flexibility index (Phi) is 6.44. The molecule has 0 fully saturated rings. The van der Waals surface area contributed by atoms with Crippen LogP contribution < -0.4 is 10.6 Å². The van der Waals surface area contributed by atoms with Gasteiger partial charge in [0.2, 0.25) is 0 Å². The highest BCUT2D eigenvalue weighted by atomic mass is 16.4. The minimum atomic E-state index is -0.877. The van der Waals surface area contributed by atoms with E-state index in [2.05, 4.69) is 42.7 Å². The molecule has 2 aromatic heterocycles. The average molecular weight is 445 g/mol. The normalized spacial score (nSPS) is 11.8. The summed E-state index contributed by atoms with van der Waals surface area (Å²) in [5.74, 6) is 0.586. The van der Waals surface area contributed by atoms with Crippen molar-refractivity contribution in [2.24, 2.45) is 0 Å². The number of anilines is 2. The monoisotopic (exact) mass is 444 g/mol. The summed E-state index contributed by atoms with van der Waals surface area (Å²) in [4.78, 5) is 26.8. The molecule has 0 aliphatic heterocycles. The Hall–Kier alpha value is -4.07. The number of aromatic amines is 2. The van der Waals surface area contributed by atoms with Gasteiger partial charge in [0.15, 0.2) is 5.95 Å². The van der Waals surface area contributed by atoms with Crippen molar-refractivity contribution in [1.29, 1.82) is 0 Å². The summed E-state index contributed by atoms with van der Waals surface area (Å²) in [6.07, 6.45) is 5.61. The number of nitrogens with zero attached hydrogens (tertiary/aromatic N) is 2. The van der Waals surface area contributed by atoms with Gasteiger partial charge in [-0.1, -0.05) is 42.0 Å². The second kappa shape index (κ2) is 9.60. The predicted molar refractivity (Wildman–Crippen MR) is 129 cm³/mol. The van der Waals surface area contributed by atoms with Gasteiger partial charge >= 0.3 is 5.97 Å². The first kappa shape index (κ1) is 22.1. The van der Waals surface area contributed by atoms with Crippen LogP contribution in [0.15, 0.2) is 55.0 Å². The van der Waals surface area contributed by atoms with Crippen LogP contribution in [0.4, 0.5) is 11.6 Å². The largest absolute Gasteiger partial charge is 0.480 e. The second-order valence-electron chi connectivity index (χ2n) is 8.26. The molecular weight excluding hydrogens is 416 g/mol. The molecule has 33 heavy (non-hydrogen) atoms. The average Bonchev–Trinajstić information content (AvgIpc) is 3.46. The fraction of sp³-hybridized carbons (Fsp3) is 0.240. The van der Waals surface area contributed by atoms with Gasteiger partial charge in [0, 0.05) is 30.1 Å². The zero-order valence-corrected chi connectivity index (χ0v) is 18.9. The van der Waals surface area contributed by atoms with Crippen molar-refractivity contribution in [3.05, 3.63) is 82.9 Å². The van der Waals surface area contributed by atoms with E-state index in [4.69, 9.17) is 0 Å². The molecule has 2 heterocycles. The number of carboxylic acid groups (broad SMARTS) is 1. The molecule has 1 atom stereocenters. The number of rotatable bonds is 9. The van der Waals surface area contributed by atoms with Crippen LogP contribution >= 0.6 is 0 Å². The SMILES string of the molecule is Cc1cc(C)c(NC(Cc2ccc(-c3ncc(CNc4ncc[nH]4)[nH]3)cc2)C(=O)O)c(C)c1. The molecule has 170 valence electrons. The lowest BCUT2D eigenvalue weighted by Crippen LogP contribution is -2.32. The van der Waals surface area contributed by atoms with Crippen molar-refractivity contribution in [2.45, 2.75) is 39.8 Å². The molecule has 8 nitrogen and oxygen atoms in total. The van der Waals surface area contributed by atoms with Gasteiger partial charge in [-0.2, -0.15) is 0 Å². The van der Waals surface area contributed by atoms with Crippen molar-refractivity contribution in [3.8, 4) is 11.4 Å². The zero-order valence-electron chi connectivity index (χ0n) is 18.9. The summed E-state index contributed by atoms with van der Waals surface area (Å²) in [7, 11) is 0. The lowest BCUT2D eigenvalue weighted by Gasteiger charge is -2.20. The third-order valence-electron chi connectivity index (χ3n) is 5.53. The number of hydrogen-bond acceptors (Lipinski definition) is 5. The maximum atomic E-state index is 11.9. The van der Waals surface area contributed by atoms with Gasteiger partial charge in [0.05, 0.1) is 18.4 Å². The second-order valence-corrected chi connectivity index (χ2v) is 8.26. The van der Waals surface area contributed by atoms with E-state index in [1.54, 1.807) is 18.6 Å². The van der Waals surface area contributed by atoms with Gasteiger partial charge in [-0.15, -0.1) is 0 Å². The van der Waals surface area contributed by atoms with Gasteiger partial charge in [0.1, 0.15) is 11.9 Å². The zero-order chi connectivity index (χ0) is 23.4. The molecule has 0 radical (unpaired) electrons. The molecule has 4 rings (SSSR count). The van der Waals surface area contributed by atoms with E-state index in [0.717, 1.165) is 45.0 Å². The Labute approximate surface area is 192 Å². The van der Waals surface area contributed by atoms with E-state index < -0.39 is 12.0 Å². The lowest BCUT2D eigenvalue weighted by atomic mass is 10.0. The standard InChI is InChI=1S/C25H28N6O2/c1-15-10-16(2)22(17(3)11-15)31-21(24(32)33)12-18-4-6-19(7-5-18)23-28-13-20(30-23)14-29-25-26-8-9-27-25/h4-11,13,21,31H,12,14H2,1-3H3,(H,28,30)(H,32,33)(H2,26,27,29). The van der Waals surface area contributed by atoms with Crippen molar-refractivity contribution in [3.63, 3.8) is 0 Å². The highest BCUT2D eigenvalue weighted by Crippen LogP contribution is 2.24. The van der Waals surface area contributed by atoms with Crippen molar-refractivity contribution >= 4 is 17.6 Å². The number of aliphatic carboxylic acids is 1. The van der Waals surface area contributed by atoms with Gasteiger partial charge < -0.3 is 25.7 Å². The van der Waals surface area contributed by atoms with Crippen LogP contribution in [0.25, 0.3) is 11.4 Å². The van der Waals surface area contributed by atoms with Crippen LogP contribution in [0.5, 0.6) is 0 Å². The molecule has 5 N–H and O–H groups in total. The van der Waals surface area contributed by atoms with Crippen LogP contribution in [0.1, 0.15) is 27.9 Å². The first-order chi connectivity index (χ1) is 15.9. The van der Waals surface area contributed by atoms with Crippen LogP contribution in [-0.2, 0) is 17.8 Å². The number of carbonyl (C=O) groups is 1. The van der Waals surface area contributed by atoms with Gasteiger partial charge in [-0.05, 0) is 37.5 Å². The van der Waals surface area contributed by atoms with Crippen LogP contribution in [0.3, 0.4) is 0 Å². The Morgan fingerprint density at radius 2 is 1.82 bits per heavy atom. The summed E-state index contributed by atoms with van der Waals surface area (Å²) >= 11 is 0. The predicted octanol–water partition coefficient (Wildman–Crippen LogP) is 4.44. The van der Waals surface area contributed by atoms with Crippen LogP contribution in [0.2, 0.25) is 0 Å². The van der Waals surface area contributed by atoms with Gasteiger partial charge in [-0.3, -0.25) is 0 Å². The molecule has 4 aromatic rings. The third kappa shape index (κ3) is 5.41. The van der Waals surface area contributed by atoms with Gasteiger partial charge in [0.25, 0.3) is 0 Å². The lowest BCUT2D eigenvalue weighted by molar-refractivity contribution is -0.137. The number of H-pyrrole nitrogens is 2. The minimum absolute atomic E-state index is 0.374. The van der Waals surface area contributed by atoms with Crippen molar-refractivity contribution in [1.82, 2.24) is 19.9 Å². The molecule has 0 aliphatic carbocycles. The number of carboxylic acids is 1. The number of aromatic nitrogens is 4. The Bertz CT molecular complexity index is 1210. The molecule has 0 spiro atoms. The Morgan fingerprint density at radius 3 is 2.45 bits per heavy atom. The van der Waals surface area contributed by atoms with Crippen molar-refractivity contribution < 1.29 is 9.90 Å². The topological polar surface area (TPSA) is 119 Å². The Morgan fingerprint density at radius 1 is 1.09 bits per heavy atom. The molecule has 2 aromatic carbocycles. The number of benzene rings is 2. The molecule has 0 saturated heterocycles. The number of aryl methyl sites for hydroxylation is 3. The Balaban J connectivity index is 1.42. The van der Waals surface area contributed by atoms with E-state index in [-0.39, 0.29) is 0 Å². The molecule has 0 bridgehead atoms. The van der Waals surface area contributed by atoms with E-state index in [9.17, 15) is 9.90 Å². The number of imidazole rings is 2. The summed E-state index contributed by atoms with van der Waals surface area (Å²) in [6.45, 7) is 6.61. The molecule has 0 amide bonds. The molecule has 1 unspecified atom stereocenters. The maximum Gasteiger partial charge on any atom is 0.326 e. The quantitative estimate of drug-likeness (QED) is 0.260. The summed E-state index contributed by atoms with van der Waals surface area (Å²) in [5.41, 5.74) is 6.95. The highest BCUT2D eigenvalue weighted by Gasteiger charge is 2.20. The molecule has 0 saturated carbocycles. The molecule has 8 heteroatoms. The first-order valence-corrected chi connectivity index (χ1v) is 10.8. The van der Waals surface area contributed by atoms with E-state index in [0.29, 0.717) is 18.9 Å². The fourth-order valence-corrected chi connectivity index (χ4v) is 3.95. The number of hydrogen-bond donors (Lipinski definition) is 5. The van der Waals surface area contributed by atoms with Crippen molar-refractivity contribution in [2.75, 3.05) is 10.6 Å². The molecule has 0 aliphatic rings. The number of nitrogens with one attached hydrogen (secondary N) is 4. The maximum absolute atomic E-state index is 11.9. The van der Waals surface area contributed by atoms with E-state index >= 15 is 0 Å². The van der Waals surface area contributed by atoms with E-state index in [1.807, 2.05) is 45.0 Å². The van der Waals surface area contributed by atoms with E-state index in [1.165, 1.54) is 0 Å². The van der Waals surface area contributed by atoms with Gasteiger partial charge in [-0.25, -0.2) is 14.8 Å². The first-order valence-electron chi connectivity index (χ1n) is 10.8. The third-order valence-corrected chi connectivity index (χ3v) is 5.53. The summed E-state index contributed by atoms with van der Waals surface area (Å²) in [5, 5.41) is 16.2. The summed E-state index contributed by atoms with van der Waals surface area (Å²) < 4.78 is 0. The minimum Gasteiger partial charge on any atom is -0.480 e. The smallest absolute Gasteiger partial charge is 0.326 e. The fourth-order valence-electron chi connectivity index (χ4n) is 3.95. The highest BCUT2D eigenvalue weighted by molar-refractivity contribution is 5.79. The van der Waals surface area contributed by atoms with Crippen LogP contribution in [-0.4, -0.2) is 37.1 Å². The summed E-state index contributed by atoms with van der Waals surface area (Å²) in [6, 6.07) is 11.2.